The first kappa shape index (κ1) is 20.7. The Kier molecular flexibility index (Phi) is 6.05. The molecule has 0 aliphatic carbocycles. The summed E-state index contributed by atoms with van der Waals surface area (Å²) in [6.45, 7) is 1.96. The van der Waals surface area contributed by atoms with Crippen LogP contribution in [0.15, 0.2) is 103 Å². The molecule has 0 amide bonds. The average molecular weight is 428 g/mol. The van der Waals surface area contributed by atoms with E-state index in [0.717, 1.165) is 11.3 Å². The Hall–Kier alpha value is -3.57. The molecule has 1 aromatic heterocycles. The Balaban J connectivity index is 2.02. The Morgan fingerprint density at radius 3 is 2.03 bits per heavy atom. The zero-order valence-corrected chi connectivity index (χ0v) is 18.2. The summed E-state index contributed by atoms with van der Waals surface area (Å²) in [5.41, 5.74) is 1.73. The van der Waals surface area contributed by atoms with Crippen molar-refractivity contribution in [3.8, 4) is 11.3 Å². The second-order valence-corrected chi connectivity index (χ2v) is 10.1. The molecule has 0 atom stereocenters. The molecule has 0 bridgehead atoms. The zero-order valence-electron chi connectivity index (χ0n) is 17.2. The smallest absolute Gasteiger partial charge is 0.340 e. The molecule has 3 aromatic carbocycles. The maximum Gasteiger partial charge on any atom is 0.340 e. The fourth-order valence-corrected chi connectivity index (χ4v) is 6.89. The van der Waals surface area contributed by atoms with Crippen molar-refractivity contribution in [2.75, 3.05) is 6.61 Å². The van der Waals surface area contributed by atoms with E-state index in [0.29, 0.717) is 15.6 Å². The number of pyridine rings is 1. The van der Waals surface area contributed by atoms with Crippen molar-refractivity contribution in [2.24, 2.45) is 0 Å². The topological polar surface area (TPSA) is 39.2 Å². The Labute approximate surface area is 182 Å². The van der Waals surface area contributed by atoms with Crippen LogP contribution in [0.25, 0.3) is 11.3 Å². The summed E-state index contributed by atoms with van der Waals surface area (Å²) in [6, 6.07) is 29.0. The summed E-state index contributed by atoms with van der Waals surface area (Å²) in [4.78, 5) is 17.2. The average Bonchev–Trinajstić information content (AvgIpc) is 2.85. The first-order valence-corrected chi connectivity index (χ1v) is 12.1. The zero-order chi connectivity index (χ0) is 21.7. The summed E-state index contributed by atoms with van der Waals surface area (Å²) in [6.07, 6.45) is 1.70. The van der Waals surface area contributed by atoms with Gasteiger partial charge in [0.25, 0.3) is 0 Å². The Morgan fingerprint density at radius 2 is 1.48 bits per heavy atom. The van der Waals surface area contributed by atoms with E-state index in [1.54, 1.807) is 55.6 Å². The fraction of sp³-hybridized carbons (Fsp3) is 0.0769. The van der Waals surface area contributed by atoms with E-state index in [1.807, 2.05) is 54.6 Å². The third kappa shape index (κ3) is 4.05. The molecule has 5 heteroatoms. The number of esters is 1. The van der Waals surface area contributed by atoms with E-state index in [4.69, 9.17) is 4.74 Å². The van der Waals surface area contributed by atoms with Gasteiger partial charge in [-0.15, -0.1) is 0 Å². The number of aromatic nitrogens is 1. The molecule has 0 aliphatic rings. The van der Waals surface area contributed by atoms with Gasteiger partial charge in [0, 0.05) is 11.8 Å². The number of nitrogens with zero attached hydrogens (tertiary/aromatic N) is 1. The van der Waals surface area contributed by atoms with Gasteiger partial charge < -0.3 is 4.74 Å². The second kappa shape index (κ2) is 9.06. The monoisotopic (exact) mass is 427 g/mol. The number of carbonyl (C=O) groups is 1. The van der Waals surface area contributed by atoms with Gasteiger partial charge in [0.05, 0.1) is 17.9 Å². The molecule has 0 radical (unpaired) electrons. The third-order valence-corrected chi connectivity index (χ3v) is 8.60. The van der Waals surface area contributed by atoms with Crippen LogP contribution in [0.4, 0.5) is 4.11 Å². The highest BCUT2D eigenvalue weighted by Gasteiger charge is 2.44. The highest BCUT2D eigenvalue weighted by Crippen LogP contribution is 2.20. The molecule has 4 aromatic rings. The van der Waals surface area contributed by atoms with E-state index in [-0.39, 0.29) is 12.2 Å². The van der Waals surface area contributed by atoms with Gasteiger partial charge in [-0.2, -0.15) is 0 Å². The minimum atomic E-state index is -4.01. The van der Waals surface area contributed by atoms with Crippen LogP contribution >= 0.6 is 0 Å². The molecule has 0 spiro atoms. The number of halogens is 1. The van der Waals surface area contributed by atoms with Gasteiger partial charge in [-0.1, -0.05) is 72.8 Å². The SMILES string of the molecule is CCOC(=O)c1ccc(-c2ccccn2)cc1[Si](F)(c1ccccc1)c1ccccc1. The van der Waals surface area contributed by atoms with Crippen LogP contribution in [-0.2, 0) is 4.74 Å². The molecule has 0 unspecified atom stereocenters. The van der Waals surface area contributed by atoms with E-state index in [1.165, 1.54) is 0 Å². The first-order valence-electron chi connectivity index (χ1n) is 10.2. The van der Waals surface area contributed by atoms with Gasteiger partial charge in [-0.25, -0.2) is 4.79 Å². The molecule has 0 saturated carbocycles. The van der Waals surface area contributed by atoms with E-state index < -0.39 is 14.4 Å². The van der Waals surface area contributed by atoms with Crippen molar-refractivity contribution >= 4 is 29.9 Å². The van der Waals surface area contributed by atoms with Crippen molar-refractivity contribution in [1.82, 2.24) is 4.98 Å². The normalized spacial score (nSPS) is 11.2. The summed E-state index contributed by atoms with van der Waals surface area (Å²) in [5, 5.41) is 1.52. The predicted molar refractivity (Wildman–Crippen MR) is 124 cm³/mol. The third-order valence-electron chi connectivity index (χ3n) is 5.19. The minimum absolute atomic E-state index is 0.220. The van der Waals surface area contributed by atoms with Gasteiger partial charge in [-0.3, -0.25) is 9.09 Å². The van der Waals surface area contributed by atoms with Gasteiger partial charge in [-0.05, 0) is 46.7 Å². The minimum Gasteiger partial charge on any atom is -0.462 e. The van der Waals surface area contributed by atoms with Crippen molar-refractivity contribution < 1.29 is 13.6 Å². The Morgan fingerprint density at radius 1 is 0.871 bits per heavy atom. The largest absolute Gasteiger partial charge is 0.462 e. The predicted octanol–water partition coefficient (Wildman–Crippen LogP) is 3.86. The molecular formula is C26H22FNO2Si. The molecule has 3 nitrogen and oxygen atoms in total. The number of benzene rings is 3. The molecule has 0 saturated heterocycles. The lowest BCUT2D eigenvalue weighted by Gasteiger charge is -2.26. The van der Waals surface area contributed by atoms with Gasteiger partial charge >= 0.3 is 14.4 Å². The van der Waals surface area contributed by atoms with Crippen molar-refractivity contribution in [3.63, 3.8) is 0 Å². The molecule has 31 heavy (non-hydrogen) atoms. The standard InChI is InChI=1S/C26H22FNO2Si/c1-2-30-26(29)23-17-16-20(24-15-9-10-18-28-24)19-25(23)31(27,21-11-5-3-6-12-21)22-13-7-4-8-14-22/h3-19H,2H2,1H3. The molecule has 154 valence electrons. The molecule has 0 N–H and O–H groups in total. The lowest BCUT2D eigenvalue weighted by atomic mass is 10.1. The summed E-state index contributed by atoms with van der Waals surface area (Å²) in [5.74, 6) is -0.522. The van der Waals surface area contributed by atoms with Crippen LogP contribution in [-0.4, -0.2) is 26.0 Å². The maximum absolute atomic E-state index is 17.5. The maximum atomic E-state index is 17.5. The molecular weight excluding hydrogens is 405 g/mol. The van der Waals surface area contributed by atoms with Crippen LogP contribution in [0, 0.1) is 0 Å². The number of hydrogen-bond donors (Lipinski definition) is 0. The van der Waals surface area contributed by atoms with Crippen LogP contribution < -0.4 is 15.6 Å². The van der Waals surface area contributed by atoms with Crippen LogP contribution in [0.5, 0.6) is 0 Å². The van der Waals surface area contributed by atoms with E-state index >= 15 is 4.11 Å². The summed E-state index contributed by atoms with van der Waals surface area (Å²) >= 11 is 0. The quantitative estimate of drug-likeness (QED) is 0.203. The van der Waals surface area contributed by atoms with Crippen molar-refractivity contribution in [1.29, 1.82) is 0 Å². The molecule has 0 fully saturated rings. The van der Waals surface area contributed by atoms with Gasteiger partial charge in [0.2, 0.25) is 0 Å². The number of carbonyl (C=O) groups excluding carboxylic acids is 1. The van der Waals surface area contributed by atoms with Gasteiger partial charge in [0.1, 0.15) is 0 Å². The van der Waals surface area contributed by atoms with Crippen LogP contribution in [0.1, 0.15) is 17.3 Å². The van der Waals surface area contributed by atoms with Gasteiger partial charge in [0.15, 0.2) is 0 Å². The van der Waals surface area contributed by atoms with Crippen LogP contribution in [0.2, 0.25) is 0 Å². The second-order valence-electron chi connectivity index (χ2n) is 7.09. The lowest BCUT2D eigenvalue weighted by molar-refractivity contribution is 0.0528. The number of rotatable bonds is 6. The van der Waals surface area contributed by atoms with E-state index in [9.17, 15) is 4.79 Å². The van der Waals surface area contributed by atoms with Crippen LogP contribution in [0.3, 0.4) is 0 Å². The molecule has 4 rings (SSSR count). The van der Waals surface area contributed by atoms with E-state index in [2.05, 4.69) is 4.98 Å². The number of ether oxygens (including phenoxy) is 1. The first-order chi connectivity index (χ1) is 15.1. The number of hydrogen-bond acceptors (Lipinski definition) is 3. The molecule has 0 aliphatic heterocycles. The highest BCUT2D eigenvalue weighted by atomic mass is 28.4. The summed E-state index contributed by atoms with van der Waals surface area (Å²) < 4.78 is 22.7. The lowest BCUT2D eigenvalue weighted by Crippen LogP contribution is -2.65. The summed E-state index contributed by atoms with van der Waals surface area (Å²) in [7, 11) is -4.01. The molecule has 1 heterocycles. The Bertz CT molecular complexity index is 1130. The van der Waals surface area contributed by atoms with Crippen molar-refractivity contribution in [3.05, 3.63) is 109 Å². The highest BCUT2D eigenvalue weighted by molar-refractivity contribution is 7.07. The fourth-order valence-electron chi connectivity index (χ4n) is 3.72. The van der Waals surface area contributed by atoms with Crippen molar-refractivity contribution in [2.45, 2.75) is 6.92 Å².